The first kappa shape index (κ1) is 11.3. The van der Waals surface area contributed by atoms with Crippen molar-refractivity contribution in [2.45, 2.75) is 32.2 Å². The third kappa shape index (κ3) is 2.33. The van der Waals surface area contributed by atoms with Crippen molar-refractivity contribution in [2.75, 3.05) is 6.54 Å². The smallest absolute Gasteiger partial charge is 0.126 e. The van der Waals surface area contributed by atoms with E-state index in [1.807, 2.05) is 13.0 Å². The molecule has 0 amide bonds. The molecule has 1 unspecified atom stereocenters. The Labute approximate surface area is 96.4 Å². The standard InChI is InChI=1S/C14H18FN/c1-2-3-4-10-16-14-9-8-11-12(14)6-5-7-13(11)15/h2-3,5-7,14,16H,4,8-10H2,1H3/b3-2+. The third-order valence-corrected chi connectivity index (χ3v) is 3.15. The maximum atomic E-state index is 13.5. The molecular formula is C14H18FN. The Morgan fingerprint density at radius 2 is 2.38 bits per heavy atom. The van der Waals surface area contributed by atoms with Crippen molar-refractivity contribution in [2.24, 2.45) is 0 Å². The summed E-state index contributed by atoms with van der Waals surface area (Å²) in [5, 5.41) is 3.48. The average molecular weight is 219 g/mol. The topological polar surface area (TPSA) is 12.0 Å². The molecule has 2 rings (SSSR count). The molecule has 0 fully saturated rings. The summed E-state index contributed by atoms with van der Waals surface area (Å²) in [6, 6.07) is 5.75. The number of fused-ring (bicyclic) bond motifs is 1. The Hall–Kier alpha value is -1.15. The van der Waals surface area contributed by atoms with E-state index in [9.17, 15) is 4.39 Å². The van der Waals surface area contributed by atoms with Gasteiger partial charge in [0.15, 0.2) is 0 Å². The summed E-state index contributed by atoms with van der Waals surface area (Å²) in [6.07, 6.45) is 7.13. The molecule has 1 aromatic carbocycles. The van der Waals surface area contributed by atoms with Gasteiger partial charge in [-0.15, -0.1) is 0 Å². The van der Waals surface area contributed by atoms with E-state index in [0.717, 1.165) is 36.9 Å². The molecule has 1 nitrogen and oxygen atoms in total. The average Bonchev–Trinajstić information content (AvgIpc) is 2.70. The molecule has 0 heterocycles. The molecule has 0 bridgehead atoms. The molecule has 16 heavy (non-hydrogen) atoms. The van der Waals surface area contributed by atoms with E-state index in [-0.39, 0.29) is 5.82 Å². The normalized spacial score (nSPS) is 19.2. The molecule has 1 N–H and O–H groups in total. The molecule has 1 aliphatic carbocycles. The van der Waals surface area contributed by atoms with Gasteiger partial charge in [-0.1, -0.05) is 24.3 Å². The molecule has 0 radical (unpaired) electrons. The Bertz CT molecular complexity index is 384. The highest BCUT2D eigenvalue weighted by Gasteiger charge is 2.23. The van der Waals surface area contributed by atoms with E-state index in [0.29, 0.717) is 6.04 Å². The third-order valence-electron chi connectivity index (χ3n) is 3.15. The summed E-state index contributed by atoms with van der Waals surface area (Å²) >= 11 is 0. The van der Waals surface area contributed by atoms with Crippen molar-refractivity contribution in [3.63, 3.8) is 0 Å². The van der Waals surface area contributed by atoms with Crippen LogP contribution < -0.4 is 5.32 Å². The summed E-state index contributed by atoms with van der Waals surface area (Å²) in [6.45, 7) is 2.99. The second kappa shape index (κ2) is 5.26. The first-order chi connectivity index (χ1) is 7.83. The summed E-state index contributed by atoms with van der Waals surface area (Å²) in [5.41, 5.74) is 2.06. The minimum Gasteiger partial charge on any atom is -0.310 e. The zero-order valence-electron chi connectivity index (χ0n) is 9.67. The minimum atomic E-state index is -0.0461. The maximum Gasteiger partial charge on any atom is 0.126 e. The van der Waals surface area contributed by atoms with Crippen LogP contribution in [-0.2, 0) is 6.42 Å². The predicted molar refractivity (Wildman–Crippen MR) is 64.9 cm³/mol. The quantitative estimate of drug-likeness (QED) is 0.604. The van der Waals surface area contributed by atoms with Gasteiger partial charge in [0.2, 0.25) is 0 Å². The second-order valence-electron chi connectivity index (χ2n) is 4.21. The summed E-state index contributed by atoms with van der Waals surface area (Å²) < 4.78 is 13.5. The highest BCUT2D eigenvalue weighted by atomic mass is 19.1. The van der Waals surface area contributed by atoms with Gasteiger partial charge in [0.1, 0.15) is 5.82 Å². The van der Waals surface area contributed by atoms with E-state index in [2.05, 4.69) is 17.5 Å². The highest BCUT2D eigenvalue weighted by Crippen LogP contribution is 2.32. The van der Waals surface area contributed by atoms with Gasteiger partial charge in [0, 0.05) is 6.04 Å². The maximum absolute atomic E-state index is 13.5. The molecule has 0 aliphatic heterocycles. The lowest BCUT2D eigenvalue weighted by atomic mass is 10.1. The van der Waals surface area contributed by atoms with Gasteiger partial charge in [0.05, 0.1) is 0 Å². The van der Waals surface area contributed by atoms with Crippen LogP contribution in [0.15, 0.2) is 30.4 Å². The minimum absolute atomic E-state index is 0.0461. The molecule has 2 heteroatoms. The van der Waals surface area contributed by atoms with Crippen molar-refractivity contribution >= 4 is 0 Å². The van der Waals surface area contributed by atoms with Crippen LogP contribution in [0.1, 0.15) is 36.9 Å². The lowest BCUT2D eigenvalue weighted by Crippen LogP contribution is -2.19. The van der Waals surface area contributed by atoms with Gasteiger partial charge >= 0.3 is 0 Å². The van der Waals surface area contributed by atoms with Crippen LogP contribution >= 0.6 is 0 Å². The van der Waals surface area contributed by atoms with E-state index < -0.39 is 0 Å². The van der Waals surface area contributed by atoms with Gasteiger partial charge < -0.3 is 5.32 Å². The van der Waals surface area contributed by atoms with Crippen LogP contribution in [0.3, 0.4) is 0 Å². The van der Waals surface area contributed by atoms with E-state index in [1.165, 1.54) is 0 Å². The number of rotatable bonds is 4. The molecule has 0 saturated heterocycles. The van der Waals surface area contributed by atoms with Gasteiger partial charge in [-0.3, -0.25) is 0 Å². The van der Waals surface area contributed by atoms with Crippen LogP contribution in [0.2, 0.25) is 0 Å². The number of nitrogens with one attached hydrogen (secondary N) is 1. The first-order valence-electron chi connectivity index (χ1n) is 5.94. The number of hydrogen-bond acceptors (Lipinski definition) is 1. The number of allylic oxidation sites excluding steroid dienone is 1. The van der Waals surface area contributed by atoms with Crippen molar-refractivity contribution < 1.29 is 4.39 Å². The van der Waals surface area contributed by atoms with Crippen molar-refractivity contribution in [3.8, 4) is 0 Å². The van der Waals surface area contributed by atoms with E-state index in [1.54, 1.807) is 12.1 Å². The Morgan fingerprint density at radius 1 is 1.50 bits per heavy atom. The lowest BCUT2D eigenvalue weighted by molar-refractivity contribution is 0.536. The summed E-state index contributed by atoms with van der Waals surface area (Å²) in [7, 11) is 0. The molecule has 1 aromatic rings. The Balaban J connectivity index is 1.98. The fraction of sp³-hybridized carbons (Fsp3) is 0.429. The summed E-state index contributed by atoms with van der Waals surface area (Å²) in [5.74, 6) is -0.0461. The number of benzene rings is 1. The molecule has 0 spiro atoms. The fourth-order valence-corrected chi connectivity index (χ4v) is 2.33. The zero-order chi connectivity index (χ0) is 11.4. The van der Waals surface area contributed by atoms with Crippen LogP contribution in [0, 0.1) is 5.82 Å². The van der Waals surface area contributed by atoms with Crippen LogP contribution in [0.4, 0.5) is 4.39 Å². The predicted octanol–water partition coefficient (Wildman–Crippen LogP) is 3.37. The van der Waals surface area contributed by atoms with Crippen LogP contribution in [0.25, 0.3) is 0 Å². The van der Waals surface area contributed by atoms with E-state index in [4.69, 9.17) is 0 Å². The van der Waals surface area contributed by atoms with Gasteiger partial charge in [-0.2, -0.15) is 0 Å². The van der Waals surface area contributed by atoms with Crippen LogP contribution in [0.5, 0.6) is 0 Å². The van der Waals surface area contributed by atoms with Gasteiger partial charge in [-0.05, 0) is 49.9 Å². The molecule has 1 aliphatic rings. The van der Waals surface area contributed by atoms with Gasteiger partial charge in [-0.25, -0.2) is 4.39 Å². The summed E-state index contributed by atoms with van der Waals surface area (Å²) in [4.78, 5) is 0. The molecule has 0 saturated carbocycles. The Morgan fingerprint density at radius 3 is 3.19 bits per heavy atom. The SMILES string of the molecule is C/C=C/CCNC1CCc2c(F)cccc21. The first-order valence-corrected chi connectivity index (χ1v) is 5.94. The lowest BCUT2D eigenvalue weighted by Gasteiger charge is -2.13. The zero-order valence-corrected chi connectivity index (χ0v) is 9.67. The fourth-order valence-electron chi connectivity index (χ4n) is 2.33. The van der Waals surface area contributed by atoms with Crippen molar-refractivity contribution in [1.29, 1.82) is 0 Å². The van der Waals surface area contributed by atoms with Crippen LogP contribution in [-0.4, -0.2) is 6.54 Å². The molecule has 0 aromatic heterocycles. The van der Waals surface area contributed by atoms with Crippen molar-refractivity contribution in [3.05, 3.63) is 47.3 Å². The Kier molecular flexibility index (Phi) is 3.73. The number of hydrogen-bond donors (Lipinski definition) is 1. The monoisotopic (exact) mass is 219 g/mol. The van der Waals surface area contributed by atoms with Gasteiger partial charge in [0.25, 0.3) is 0 Å². The second-order valence-corrected chi connectivity index (χ2v) is 4.21. The molecule has 1 atom stereocenters. The molecule has 86 valence electrons. The van der Waals surface area contributed by atoms with Crippen molar-refractivity contribution in [1.82, 2.24) is 5.32 Å². The number of halogens is 1. The van der Waals surface area contributed by atoms with E-state index >= 15 is 0 Å². The largest absolute Gasteiger partial charge is 0.310 e. The highest BCUT2D eigenvalue weighted by molar-refractivity contribution is 5.35. The molecular weight excluding hydrogens is 201 g/mol.